The number of aryl methyl sites for hydroxylation is 1. The van der Waals surface area contributed by atoms with Crippen molar-refractivity contribution in [1.29, 1.82) is 0 Å². The average molecular weight is 283 g/mol. The Morgan fingerprint density at radius 3 is 2.52 bits per heavy atom. The van der Waals surface area contributed by atoms with Gasteiger partial charge in [-0.05, 0) is 39.0 Å². The maximum atomic E-state index is 12.8. The third-order valence-electron chi connectivity index (χ3n) is 3.33. The molecule has 4 nitrogen and oxygen atoms in total. The molecule has 0 radical (unpaired) electrons. The molecule has 2 rings (SSSR count). The summed E-state index contributed by atoms with van der Waals surface area (Å²) in [4.78, 5) is 18.7. The van der Waals surface area contributed by atoms with Crippen LogP contribution in [-0.4, -0.2) is 24.0 Å². The number of carbonyl (C=O) groups excluding carboxylic acids is 1. The van der Waals surface area contributed by atoms with Crippen molar-refractivity contribution in [3.63, 3.8) is 0 Å². The molecule has 0 aliphatic carbocycles. The topological polar surface area (TPSA) is 45.2 Å². The first-order chi connectivity index (χ1) is 10.2. The van der Waals surface area contributed by atoms with Crippen molar-refractivity contribution in [2.45, 2.75) is 20.8 Å². The number of nitrogens with one attached hydrogen (secondary N) is 1. The third-order valence-corrected chi connectivity index (χ3v) is 3.33. The average Bonchev–Trinajstić information content (AvgIpc) is 2.50. The standard InChI is InChI=1S/C17H21N3O/c1-4-19-16-12-18-11-10-15(16)17(21)20(5-2)14-8-6-13(3)7-9-14/h6-12,19H,4-5H2,1-3H3. The van der Waals surface area contributed by atoms with E-state index in [9.17, 15) is 4.79 Å². The lowest BCUT2D eigenvalue weighted by Crippen LogP contribution is -2.31. The predicted molar refractivity (Wildman–Crippen MR) is 86.9 cm³/mol. The Kier molecular flexibility index (Phi) is 4.93. The number of pyridine rings is 1. The lowest BCUT2D eigenvalue weighted by molar-refractivity contribution is 0.0989. The monoisotopic (exact) mass is 283 g/mol. The molecule has 0 unspecified atom stereocenters. The number of hydrogen-bond acceptors (Lipinski definition) is 3. The summed E-state index contributed by atoms with van der Waals surface area (Å²) in [7, 11) is 0. The Hall–Kier alpha value is -2.36. The summed E-state index contributed by atoms with van der Waals surface area (Å²) in [6.07, 6.45) is 3.34. The number of aromatic nitrogens is 1. The van der Waals surface area contributed by atoms with E-state index in [0.717, 1.165) is 17.9 Å². The fourth-order valence-corrected chi connectivity index (χ4v) is 2.23. The molecule has 4 heteroatoms. The van der Waals surface area contributed by atoms with Crippen molar-refractivity contribution in [3.05, 3.63) is 53.9 Å². The molecule has 0 spiro atoms. The number of benzene rings is 1. The smallest absolute Gasteiger partial charge is 0.260 e. The van der Waals surface area contributed by atoms with E-state index in [1.54, 1.807) is 23.4 Å². The molecule has 1 N–H and O–H groups in total. The van der Waals surface area contributed by atoms with Crippen LogP contribution >= 0.6 is 0 Å². The normalized spacial score (nSPS) is 10.2. The lowest BCUT2D eigenvalue weighted by atomic mass is 10.1. The van der Waals surface area contributed by atoms with E-state index in [1.807, 2.05) is 45.0 Å². The van der Waals surface area contributed by atoms with E-state index >= 15 is 0 Å². The molecule has 0 bridgehead atoms. The first-order valence-corrected chi connectivity index (χ1v) is 7.23. The summed E-state index contributed by atoms with van der Waals surface area (Å²) in [5.41, 5.74) is 3.51. The Balaban J connectivity index is 2.34. The lowest BCUT2D eigenvalue weighted by Gasteiger charge is -2.22. The fourth-order valence-electron chi connectivity index (χ4n) is 2.23. The van der Waals surface area contributed by atoms with Gasteiger partial charge in [-0.15, -0.1) is 0 Å². The highest BCUT2D eigenvalue weighted by Crippen LogP contribution is 2.21. The highest BCUT2D eigenvalue weighted by atomic mass is 16.2. The number of nitrogens with zero attached hydrogens (tertiary/aromatic N) is 2. The molecule has 2 aromatic rings. The van der Waals surface area contributed by atoms with Crippen LogP contribution in [0.4, 0.5) is 11.4 Å². The minimum atomic E-state index is -0.0142. The molecule has 1 aromatic heterocycles. The number of hydrogen-bond donors (Lipinski definition) is 1. The van der Waals surface area contributed by atoms with Gasteiger partial charge in [-0.3, -0.25) is 9.78 Å². The molecular weight excluding hydrogens is 262 g/mol. The molecule has 0 saturated heterocycles. The maximum absolute atomic E-state index is 12.8. The number of amides is 1. The van der Waals surface area contributed by atoms with E-state index in [1.165, 1.54) is 5.56 Å². The van der Waals surface area contributed by atoms with E-state index in [0.29, 0.717) is 12.1 Å². The molecule has 110 valence electrons. The van der Waals surface area contributed by atoms with Crippen LogP contribution < -0.4 is 10.2 Å². The molecule has 21 heavy (non-hydrogen) atoms. The second-order valence-electron chi connectivity index (χ2n) is 4.84. The van der Waals surface area contributed by atoms with Crippen LogP contribution in [-0.2, 0) is 0 Å². The largest absolute Gasteiger partial charge is 0.383 e. The number of rotatable bonds is 5. The first-order valence-electron chi connectivity index (χ1n) is 7.23. The fraction of sp³-hybridized carbons (Fsp3) is 0.294. The van der Waals surface area contributed by atoms with Gasteiger partial charge in [0.15, 0.2) is 0 Å². The van der Waals surface area contributed by atoms with Crippen molar-refractivity contribution in [1.82, 2.24) is 4.98 Å². The Bertz CT molecular complexity index is 608. The van der Waals surface area contributed by atoms with E-state index < -0.39 is 0 Å². The second-order valence-corrected chi connectivity index (χ2v) is 4.84. The van der Waals surface area contributed by atoms with Gasteiger partial charge in [-0.2, -0.15) is 0 Å². The van der Waals surface area contributed by atoms with Gasteiger partial charge in [0.05, 0.1) is 17.4 Å². The molecule has 0 saturated carbocycles. The summed E-state index contributed by atoms with van der Waals surface area (Å²) in [6, 6.07) is 9.75. The Morgan fingerprint density at radius 1 is 1.19 bits per heavy atom. The molecule has 0 aliphatic heterocycles. The molecule has 0 atom stereocenters. The highest BCUT2D eigenvalue weighted by molar-refractivity contribution is 6.09. The van der Waals surface area contributed by atoms with Gasteiger partial charge in [-0.25, -0.2) is 0 Å². The van der Waals surface area contributed by atoms with Crippen LogP contribution in [0.3, 0.4) is 0 Å². The quantitative estimate of drug-likeness (QED) is 0.913. The minimum absolute atomic E-state index is 0.0142. The Morgan fingerprint density at radius 2 is 1.90 bits per heavy atom. The second kappa shape index (κ2) is 6.88. The van der Waals surface area contributed by atoms with Crippen molar-refractivity contribution < 1.29 is 4.79 Å². The zero-order valence-electron chi connectivity index (χ0n) is 12.8. The van der Waals surface area contributed by atoms with Crippen LogP contribution in [0.25, 0.3) is 0 Å². The number of carbonyl (C=O) groups is 1. The molecule has 1 amide bonds. The summed E-state index contributed by atoms with van der Waals surface area (Å²) in [6.45, 7) is 7.39. The van der Waals surface area contributed by atoms with Crippen LogP contribution in [0.2, 0.25) is 0 Å². The third kappa shape index (κ3) is 3.40. The summed E-state index contributed by atoms with van der Waals surface area (Å²) in [5.74, 6) is -0.0142. The molecule has 1 aromatic carbocycles. The summed E-state index contributed by atoms with van der Waals surface area (Å²) in [5, 5.41) is 3.19. The van der Waals surface area contributed by atoms with Gasteiger partial charge in [0, 0.05) is 25.0 Å². The molecule has 0 fully saturated rings. The van der Waals surface area contributed by atoms with Gasteiger partial charge < -0.3 is 10.2 Å². The van der Waals surface area contributed by atoms with Crippen molar-refractivity contribution >= 4 is 17.3 Å². The first kappa shape index (κ1) is 15.0. The Labute approximate surface area is 125 Å². The van der Waals surface area contributed by atoms with Gasteiger partial charge in [0.2, 0.25) is 0 Å². The van der Waals surface area contributed by atoms with E-state index in [2.05, 4.69) is 10.3 Å². The van der Waals surface area contributed by atoms with Gasteiger partial charge in [0.1, 0.15) is 0 Å². The van der Waals surface area contributed by atoms with E-state index in [4.69, 9.17) is 0 Å². The van der Waals surface area contributed by atoms with Crippen LogP contribution in [0.15, 0.2) is 42.7 Å². The predicted octanol–water partition coefficient (Wildman–Crippen LogP) is 3.49. The minimum Gasteiger partial charge on any atom is -0.383 e. The van der Waals surface area contributed by atoms with Crippen molar-refractivity contribution in [3.8, 4) is 0 Å². The van der Waals surface area contributed by atoms with Crippen LogP contribution in [0.5, 0.6) is 0 Å². The van der Waals surface area contributed by atoms with Crippen molar-refractivity contribution in [2.24, 2.45) is 0 Å². The molecular formula is C17H21N3O. The SMILES string of the molecule is CCNc1cnccc1C(=O)N(CC)c1ccc(C)cc1. The van der Waals surface area contributed by atoms with Crippen LogP contribution in [0, 0.1) is 6.92 Å². The van der Waals surface area contributed by atoms with E-state index in [-0.39, 0.29) is 5.91 Å². The van der Waals surface area contributed by atoms with Crippen molar-refractivity contribution in [2.75, 3.05) is 23.3 Å². The van der Waals surface area contributed by atoms with Gasteiger partial charge in [0.25, 0.3) is 5.91 Å². The van der Waals surface area contributed by atoms with Crippen LogP contribution in [0.1, 0.15) is 29.8 Å². The van der Waals surface area contributed by atoms with Gasteiger partial charge in [-0.1, -0.05) is 17.7 Å². The van der Waals surface area contributed by atoms with Gasteiger partial charge >= 0.3 is 0 Å². The zero-order chi connectivity index (χ0) is 15.2. The maximum Gasteiger partial charge on any atom is 0.260 e. The summed E-state index contributed by atoms with van der Waals surface area (Å²) >= 11 is 0. The number of anilines is 2. The highest BCUT2D eigenvalue weighted by Gasteiger charge is 2.18. The summed E-state index contributed by atoms with van der Waals surface area (Å²) < 4.78 is 0. The molecule has 1 heterocycles. The molecule has 0 aliphatic rings. The zero-order valence-corrected chi connectivity index (χ0v) is 12.8.